The number of nitrogens with zero attached hydrogens (tertiary/aromatic N) is 3. The molecule has 16 heavy (non-hydrogen) atoms. The SMILES string of the molecule is CN(CC(=O)NC1CC1)c1cc(Cl)ncn1. The third-order valence-corrected chi connectivity index (χ3v) is 2.54. The first-order valence-corrected chi connectivity index (χ1v) is 5.51. The lowest BCUT2D eigenvalue weighted by atomic mass is 10.4. The van der Waals surface area contributed by atoms with Gasteiger partial charge >= 0.3 is 0 Å². The van der Waals surface area contributed by atoms with Crippen LogP contribution in [-0.2, 0) is 4.79 Å². The van der Waals surface area contributed by atoms with Crippen LogP contribution in [0.2, 0.25) is 5.15 Å². The number of hydrogen-bond donors (Lipinski definition) is 1. The summed E-state index contributed by atoms with van der Waals surface area (Å²) in [6.07, 6.45) is 3.57. The van der Waals surface area contributed by atoms with Crippen LogP contribution in [0.15, 0.2) is 12.4 Å². The zero-order valence-corrected chi connectivity index (χ0v) is 9.74. The smallest absolute Gasteiger partial charge is 0.239 e. The lowest BCUT2D eigenvalue weighted by Crippen LogP contribution is -2.36. The van der Waals surface area contributed by atoms with Gasteiger partial charge in [-0.3, -0.25) is 4.79 Å². The normalized spacial score (nSPS) is 14.6. The largest absolute Gasteiger partial charge is 0.352 e. The Morgan fingerprint density at radius 2 is 2.38 bits per heavy atom. The first kappa shape index (κ1) is 11.1. The Hall–Kier alpha value is -1.36. The van der Waals surface area contributed by atoms with Crippen molar-refractivity contribution in [2.24, 2.45) is 0 Å². The van der Waals surface area contributed by atoms with Crippen molar-refractivity contribution < 1.29 is 4.79 Å². The van der Waals surface area contributed by atoms with Crippen molar-refractivity contribution in [3.63, 3.8) is 0 Å². The molecule has 5 nitrogen and oxygen atoms in total. The topological polar surface area (TPSA) is 58.1 Å². The summed E-state index contributed by atoms with van der Waals surface area (Å²) in [7, 11) is 1.80. The summed E-state index contributed by atoms with van der Waals surface area (Å²) < 4.78 is 0. The van der Waals surface area contributed by atoms with Crippen molar-refractivity contribution in [2.75, 3.05) is 18.5 Å². The van der Waals surface area contributed by atoms with Gasteiger partial charge in [-0.15, -0.1) is 0 Å². The molecular weight excluding hydrogens is 228 g/mol. The van der Waals surface area contributed by atoms with Crippen LogP contribution >= 0.6 is 11.6 Å². The lowest BCUT2D eigenvalue weighted by molar-refractivity contribution is -0.119. The zero-order chi connectivity index (χ0) is 11.5. The molecule has 2 rings (SSSR count). The number of rotatable bonds is 4. The Labute approximate surface area is 98.8 Å². The molecule has 0 unspecified atom stereocenters. The van der Waals surface area contributed by atoms with Gasteiger partial charge in [0.15, 0.2) is 0 Å². The standard InChI is InChI=1S/C10H13ClN4O/c1-15(5-10(16)14-7-2-3-7)9-4-8(11)12-6-13-9/h4,6-7H,2-3,5H2,1H3,(H,14,16). The van der Waals surface area contributed by atoms with Crippen LogP contribution in [0.3, 0.4) is 0 Å². The summed E-state index contributed by atoms with van der Waals surface area (Å²) >= 11 is 5.74. The van der Waals surface area contributed by atoms with E-state index in [0.717, 1.165) is 12.8 Å². The molecule has 0 bridgehead atoms. The summed E-state index contributed by atoms with van der Waals surface area (Å²) in [5.74, 6) is 0.658. The summed E-state index contributed by atoms with van der Waals surface area (Å²) in [6, 6.07) is 2.02. The second kappa shape index (κ2) is 4.65. The molecular formula is C10H13ClN4O. The van der Waals surface area contributed by atoms with Crippen LogP contribution in [0.4, 0.5) is 5.82 Å². The number of likely N-dealkylation sites (N-methyl/N-ethyl adjacent to an activating group) is 1. The van der Waals surface area contributed by atoms with E-state index in [2.05, 4.69) is 15.3 Å². The number of nitrogens with one attached hydrogen (secondary N) is 1. The molecule has 0 radical (unpaired) electrons. The molecule has 86 valence electrons. The van der Waals surface area contributed by atoms with Crippen LogP contribution in [0.1, 0.15) is 12.8 Å². The molecule has 1 N–H and O–H groups in total. The molecule has 0 saturated heterocycles. The predicted molar refractivity (Wildman–Crippen MR) is 61.5 cm³/mol. The maximum absolute atomic E-state index is 11.5. The molecule has 1 heterocycles. The predicted octanol–water partition coefficient (Wildman–Crippen LogP) is 0.845. The van der Waals surface area contributed by atoms with Crippen molar-refractivity contribution in [1.82, 2.24) is 15.3 Å². The first-order chi connectivity index (χ1) is 7.65. The van der Waals surface area contributed by atoms with Gasteiger partial charge in [-0.1, -0.05) is 11.6 Å². The van der Waals surface area contributed by atoms with E-state index in [1.165, 1.54) is 6.33 Å². The fourth-order valence-electron chi connectivity index (χ4n) is 1.33. The zero-order valence-electron chi connectivity index (χ0n) is 8.98. The van der Waals surface area contributed by atoms with Gasteiger partial charge in [0, 0.05) is 19.2 Å². The van der Waals surface area contributed by atoms with Gasteiger partial charge in [-0.05, 0) is 12.8 Å². The first-order valence-electron chi connectivity index (χ1n) is 5.13. The average molecular weight is 241 g/mol. The highest BCUT2D eigenvalue weighted by molar-refractivity contribution is 6.29. The highest BCUT2D eigenvalue weighted by Gasteiger charge is 2.23. The van der Waals surface area contributed by atoms with Crippen LogP contribution in [-0.4, -0.2) is 35.5 Å². The number of carbonyl (C=O) groups excluding carboxylic acids is 1. The summed E-state index contributed by atoms with van der Waals surface area (Å²) in [6.45, 7) is 0.282. The third kappa shape index (κ3) is 3.06. The van der Waals surface area contributed by atoms with Crippen LogP contribution in [0, 0.1) is 0 Å². The molecule has 1 aliphatic carbocycles. The molecule has 0 spiro atoms. The van der Waals surface area contributed by atoms with Crippen LogP contribution < -0.4 is 10.2 Å². The minimum Gasteiger partial charge on any atom is -0.352 e. The van der Waals surface area contributed by atoms with E-state index in [4.69, 9.17) is 11.6 Å². The van der Waals surface area contributed by atoms with Crippen molar-refractivity contribution >= 4 is 23.3 Å². The summed E-state index contributed by atoms with van der Waals surface area (Å²) in [4.78, 5) is 21.1. The minimum atomic E-state index is 0.0136. The van der Waals surface area contributed by atoms with E-state index in [1.54, 1.807) is 18.0 Å². The fraction of sp³-hybridized carbons (Fsp3) is 0.500. The molecule has 1 aromatic heterocycles. The monoisotopic (exact) mass is 240 g/mol. The van der Waals surface area contributed by atoms with E-state index in [9.17, 15) is 4.79 Å². The van der Waals surface area contributed by atoms with Gasteiger partial charge in [0.1, 0.15) is 17.3 Å². The fourth-order valence-corrected chi connectivity index (χ4v) is 1.47. The second-order valence-electron chi connectivity index (χ2n) is 3.90. The Morgan fingerprint density at radius 1 is 1.62 bits per heavy atom. The van der Waals surface area contributed by atoms with E-state index >= 15 is 0 Å². The quantitative estimate of drug-likeness (QED) is 0.793. The maximum Gasteiger partial charge on any atom is 0.239 e. The van der Waals surface area contributed by atoms with Crippen molar-refractivity contribution in [3.05, 3.63) is 17.5 Å². The molecule has 1 fully saturated rings. The molecule has 6 heteroatoms. The van der Waals surface area contributed by atoms with Crippen molar-refractivity contribution in [2.45, 2.75) is 18.9 Å². The van der Waals surface area contributed by atoms with Gasteiger partial charge in [0.25, 0.3) is 0 Å². The number of anilines is 1. The molecule has 1 aliphatic rings. The summed E-state index contributed by atoms with van der Waals surface area (Å²) in [5.41, 5.74) is 0. The van der Waals surface area contributed by atoms with Gasteiger partial charge in [0.05, 0.1) is 6.54 Å². The molecule has 1 amide bonds. The van der Waals surface area contributed by atoms with E-state index in [0.29, 0.717) is 17.0 Å². The molecule has 1 saturated carbocycles. The van der Waals surface area contributed by atoms with Gasteiger partial charge < -0.3 is 10.2 Å². The van der Waals surface area contributed by atoms with Crippen molar-refractivity contribution in [3.8, 4) is 0 Å². The van der Waals surface area contributed by atoms with E-state index in [-0.39, 0.29) is 12.5 Å². The van der Waals surface area contributed by atoms with Crippen LogP contribution in [0.5, 0.6) is 0 Å². The highest BCUT2D eigenvalue weighted by Crippen LogP contribution is 2.18. The van der Waals surface area contributed by atoms with Gasteiger partial charge in [-0.25, -0.2) is 9.97 Å². The summed E-state index contributed by atoms with van der Waals surface area (Å²) in [5, 5.41) is 3.29. The van der Waals surface area contributed by atoms with Crippen LogP contribution in [0.25, 0.3) is 0 Å². The Morgan fingerprint density at radius 3 is 3.00 bits per heavy atom. The van der Waals surface area contributed by atoms with Gasteiger partial charge in [0.2, 0.25) is 5.91 Å². The highest BCUT2D eigenvalue weighted by atomic mass is 35.5. The number of halogens is 1. The average Bonchev–Trinajstić information content (AvgIpc) is 3.01. The van der Waals surface area contributed by atoms with Gasteiger partial charge in [-0.2, -0.15) is 0 Å². The third-order valence-electron chi connectivity index (χ3n) is 2.33. The Bertz CT molecular complexity index is 394. The van der Waals surface area contributed by atoms with E-state index < -0.39 is 0 Å². The maximum atomic E-state index is 11.5. The number of carbonyl (C=O) groups is 1. The molecule has 0 aromatic carbocycles. The second-order valence-corrected chi connectivity index (χ2v) is 4.28. The Balaban J connectivity index is 1.91. The van der Waals surface area contributed by atoms with E-state index in [1.807, 2.05) is 0 Å². The molecule has 0 atom stereocenters. The number of aromatic nitrogens is 2. The number of hydrogen-bond acceptors (Lipinski definition) is 4. The Kier molecular flexibility index (Phi) is 3.24. The lowest BCUT2D eigenvalue weighted by Gasteiger charge is -2.17. The van der Waals surface area contributed by atoms with Crippen molar-refractivity contribution in [1.29, 1.82) is 0 Å². The number of amides is 1. The molecule has 0 aliphatic heterocycles. The molecule has 1 aromatic rings. The minimum absolute atomic E-state index is 0.0136.